The zero-order valence-electron chi connectivity index (χ0n) is 20.1. The highest BCUT2D eigenvalue weighted by Crippen LogP contribution is 2.35. The van der Waals surface area contributed by atoms with Gasteiger partial charge in [0.05, 0.1) is 41.2 Å². The van der Waals surface area contributed by atoms with Gasteiger partial charge in [-0.05, 0) is 36.4 Å². The first-order chi connectivity index (χ1) is 18.2. The molecule has 0 atom stereocenters. The molecule has 0 unspecified atom stereocenters. The van der Waals surface area contributed by atoms with E-state index in [9.17, 15) is 22.4 Å². The van der Waals surface area contributed by atoms with Crippen LogP contribution in [-0.2, 0) is 17.6 Å². The molecular weight excluding hydrogens is 506 g/mol. The topological polar surface area (TPSA) is 108 Å². The summed E-state index contributed by atoms with van der Waals surface area (Å²) in [5.41, 5.74) is 1.78. The first-order valence-corrected chi connectivity index (χ1v) is 11.4. The van der Waals surface area contributed by atoms with Gasteiger partial charge in [-0.25, -0.2) is 14.9 Å². The van der Waals surface area contributed by atoms with Crippen LogP contribution in [0.1, 0.15) is 21.5 Å². The molecule has 0 bridgehead atoms. The maximum absolute atomic E-state index is 14.6. The Morgan fingerprint density at radius 1 is 1.11 bits per heavy atom. The second-order valence-electron chi connectivity index (χ2n) is 8.10. The van der Waals surface area contributed by atoms with E-state index in [0.717, 1.165) is 17.5 Å². The number of carbonyl (C=O) groups is 1. The molecule has 4 rings (SSSR count). The Hall–Kier alpha value is -4.29. The maximum Gasteiger partial charge on any atom is 0.417 e. The second kappa shape index (κ2) is 11.4. The number of aliphatic hydroxyl groups excluding tert-OH is 1. The number of nitrogens with one attached hydrogen (secondary N) is 3. The number of halogens is 4. The van der Waals surface area contributed by atoms with Gasteiger partial charge in [0.1, 0.15) is 11.6 Å². The molecule has 2 heterocycles. The van der Waals surface area contributed by atoms with Crippen molar-refractivity contribution in [3.63, 3.8) is 0 Å². The lowest BCUT2D eigenvalue weighted by Gasteiger charge is -2.16. The monoisotopic (exact) mass is 529 g/mol. The van der Waals surface area contributed by atoms with Crippen LogP contribution in [0.2, 0.25) is 0 Å². The number of aliphatic hydroxyl groups is 1. The first-order valence-electron chi connectivity index (χ1n) is 11.4. The van der Waals surface area contributed by atoms with Crippen LogP contribution in [0.25, 0.3) is 22.2 Å². The van der Waals surface area contributed by atoms with E-state index in [2.05, 4.69) is 25.4 Å². The lowest BCUT2D eigenvalue weighted by Crippen LogP contribution is -2.27. The third kappa shape index (κ3) is 5.98. The standard InChI is InChI=1S/C26H23F4N5O3/c1-31-22-7-6-21(16-4-5-18(19(12-16)26(28,29)30)25(37)35-38-10-9-36)34-24(22)33-14-17-11-15-3-2-8-32-23(15)13-20(17)27/h2-8,11-13,31,36H,9-10,14H2,1H3,(H,33,34)(H,35,37). The molecular formula is C26H23F4N5O3. The molecule has 12 heteroatoms. The number of alkyl halides is 3. The van der Waals surface area contributed by atoms with Crippen molar-refractivity contribution < 1.29 is 32.3 Å². The maximum atomic E-state index is 14.6. The van der Waals surface area contributed by atoms with Gasteiger partial charge >= 0.3 is 6.18 Å². The van der Waals surface area contributed by atoms with Crippen LogP contribution in [0.15, 0.2) is 60.8 Å². The van der Waals surface area contributed by atoms with Gasteiger partial charge in [-0.1, -0.05) is 12.1 Å². The molecule has 38 heavy (non-hydrogen) atoms. The highest BCUT2D eigenvalue weighted by atomic mass is 19.4. The zero-order chi connectivity index (χ0) is 27.3. The van der Waals surface area contributed by atoms with Gasteiger partial charge in [0, 0.05) is 42.4 Å². The van der Waals surface area contributed by atoms with Crippen molar-refractivity contribution in [2.24, 2.45) is 0 Å². The average molecular weight is 529 g/mol. The SMILES string of the molecule is CNc1ccc(-c2ccc(C(=O)NOCCO)c(C(F)(F)F)c2)nc1NCc1cc2cccnc2cc1F. The minimum atomic E-state index is -4.84. The molecule has 0 aliphatic carbocycles. The Morgan fingerprint density at radius 2 is 1.92 bits per heavy atom. The van der Waals surface area contributed by atoms with Gasteiger partial charge in [0.15, 0.2) is 0 Å². The number of hydrogen-bond acceptors (Lipinski definition) is 7. The molecule has 4 N–H and O–H groups in total. The van der Waals surface area contributed by atoms with E-state index in [-0.39, 0.29) is 24.4 Å². The third-order valence-electron chi connectivity index (χ3n) is 5.61. The van der Waals surface area contributed by atoms with Gasteiger partial charge in [-0.15, -0.1) is 0 Å². The largest absolute Gasteiger partial charge is 0.417 e. The summed E-state index contributed by atoms with van der Waals surface area (Å²) in [6, 6.07) is 12.9. The molecule has 2 aromatic heterocycles. The average Bonchev–Trinajstić information content (AvgIpc) is 2.91. The minimum absolute atomic E-state index is 0.0581. The number of nitrogens with zero attached hydrogens (tertiary/aromatic N) is 2. The van der Waals surface area contributed by atoms with E-state index in [4.69, 9.17) is 5.11 Å². The number of hydroxylamine groups is 1. The lowest BCUT2D eigenvalue weighted by molar-refractivity contribution is -0.138. The zero-order valence-corrected chi connectivity index (χ0v) is 20.1. The summed E-state index contributed by atoms with van der Waals surface area (Å²) < 4.78 is 56.0. The molecule has 0 saturated carbocycles. The minimum Gasteiger partial charge on any atom is -0.394 e. The van der Waals surface area contributed by atoms with E-state index in [1.165, 1.54) is 18.2 Å². The third-order valence-corrected chi connectivity index (χ3v) is 5.61. The van der Waals surface area contributed by atoms with Crippen LogP contribution in [0, 0.1) is 5.82 Å². The fourth-order valence-corrected chi connectivity index (χ4v) is 3.77. The predicted molar refractivity (Wildman–Crippen MR) is 134 cm³/mol. The van der Waals surface area contributed by atoms with Crippen molar-refractivity contribution in [1.29, 1.82) is 0 Å². The van der Waals surface area contributed by atoms with Crippen molar-refractivity contribution in [2.45, 2.75) is 12.7 Å². The molecule has 0 aliphatic rings. The molecule has 4 aromatic rings. The smallest absolute Gasteiger partial charge is 0.394 e. The van der Waals surface area contributed by atoms with E-state index >= 15 is 0 Å². The summed E-state index contributed by atoms with van der Waals surface area (Å²) >= 11 is 0. The number of aromatic nitrogens is 2. The van der Waals surface area contributed by atoms with E-state index in [0.29, 0.717) is 22.6 Å². The summed E-state index contributed by atoms with van der Waals surface area (Å²) in [6.07, 6.45) is -3.27. The van der Waals surface area contributed by atoms with Gasteiger partial charge in [0.25, 0.3) is 5.91 Å². The number of rotatable bonds is 9. The Bertz CT molecular complexity index is 1460. The number of amides is 1. The fraction of sp³-hybridized carbons (Fsp3) is 0.192. The predicted octanol–water partition coefficient (Wildman–Crippen LogP) is 4.76. The van der Waals surface area contributed by atoms with E-state index < -0.39 is 35.6 Å². The van der Waals surface area contributed by atoms with Crippen molar-refractivity contribution in [3.8, 4) is 11.3 Å². The van der Waals surface area contributed by atoms with Crippen LogP contribution in [-0.4, -0.2) is 41.2 Å². The van der Waals surface area contributed by atoms with Crippen LogP contribution in [0.4, 0.5) is 29.1 Å². The highest BCUT2D eigenvalue weighted by molar-refractivity contribution is 5.96. The number of fused-ring (bicyclic) bond motifs is 1. The summed E-state index contributed by atoms with van der Waals surface area (Å²) in [5.74, 6) is -1.27. The van der Waals surface area contributed by atoms with Crippen molar-refractivity contribution >= 4 is 28.3 Å². The number of pyridine rings is 2. The van der Waals surface area contributed by atoms with Gasteiger partial charge in [-0.2, -0.15) is 13.2 Å². The van der Waals surface area contributed by atoms with Gasteiger partial charge in [-0.3, -0.25) is 14.6 Å². The number of carbonyl (C=O) groups excluding carboxylic acids is 1. The van der Waals surface area contributed by atoms with Crippen molar-refractivity contribution in [2.75, 3.05) is 30.9 Å². The molecule has 0 radical (unpaired) electrons. The molecule has 8 nitrogen and oxygen atoms in total. The molecule has 0 spiro atoms. The van der Waals surface area contributed by atoms with E-state index in [1.54, 1.807) is 31.4 Å². The van der Waals surface area contributed by atoms with Crippen molar-refractivity contribution in [1.82, 2.24) is 15.4 Å². The Morgan fingerprint density at radius 3 is 2.66 bits per heavy atom. The summed E-state index contributed by atoms with van der Waals surface area (Å²) in [5, 5.41) is 15.5. The van der Waals surface area contributed by atoms with Crippen LogP contribution in [0.5, 0.6) is 0 Å². The second-order valence-corrected chi connectivity index (χ2v) is 8.10. The number of anilines is 2. The molecule has 1 amide bonds. The normalized spacial score (nSPS) is 11.4. The summed E-state index contributed by atoms with van der Waals surface area (Å²) in [4.78, 5) is 25.4. The lowest BCUT2D eigenvalue weighted by atomic mass is 10.0. The van der Waals surface area contributed by atoms with Crippen LogP contribution in [0.3, 0.4) is 0 Å². The summed E-state index contributed by atoms with van der Waals surface area (Å²) in [6.45, 7) is -0.633. The van der Waals surface area contributed by atoms with Gasteiger partial charge < -0.3 is 15.7 Å². The van der Waals surface area contributed by atoms with Crippen molar-refractivity contribution in [3.05, 3.63) is 83.3 Å². The first kappa shape index (κ1) is 26.8. The molecule has 2 aromatic carbocycles. The molecule has 198 valence electrons. The number of benzene rings is 2. The fourth-order valence-electron chi connectivity index (χ4n) is 3.77. The summed E-state index contributed by atoms with van der Waals surface area (Å²) in [7, 11) is 1.65. The van der Waals surface area contributed by atoms with Gasteiger partial charge in [0.2, 0.25) is 0 Å². The van der Waals surface area contributed by atoms with Crippen LogP contribution >= 0.6 is 0 Å². The Kier molecular flexibility index (Phi) is 8.03. The van der Waals surface area contributed by atoms with E-state index in [1.807, 2.05) is 11.5 Å². The number of hydrogen-bond donors (Lipinski definition) is 4. The molecule has 0 saturated heterocycles. The van der Waals surface area contributed by atoms with Crippen LogP contribution < -0.4 is 16.1 Å². The molecule has 0 fully saturated rings. The highest BCUT2D eigenvalue weighted by Gasteiger charge is 2.36. The quantitative estimate of drug-likeness (QED) is 0.141. The molecule has 0 aliphatic heterocycles. The Labute approximate surface area is 214 Å². The Balaban J connectivity index is 1.64.